The van der Waals surface area contributed by atoms with Gasteiger partial charge in [-0.1, -0.05) is 43.2 Å². The van der Waals surface area contributed by atoms with E-state index < -0.39 is 28.5 Å². The van der Waals surface area contributed by atoms with Crippen molar-refractivity contribution in [2.75, 3.05) is 30.8 Å². The van der Waals surface area contributed by atoms with E-state index in [1.807, 2.05) is 39.0 Å². The molecule has 0 bridgehead atoms. The SMILES string of the molecule is CCCCNC(=O)[C@H](C)N(Cc1cccc(OC)c1)C(=O)CN(c1ccc(C)cc1C)S(C)(=O)=O. The molecular weight excluding hydrogens is 466 g/mol. The molecule has 0 unspecified atom stereocenters. The third kappa shape index (κ3) is 7.99. The summed E-state index contributed by atoms with van der Waals surface area (Å²) in [6.45, 7) is 7.63. The third-order valence-electron chi connectivity index (χ3n) is 5.78. The van der Waals surface area contributed by atoms with Crippen molar-refractivity contribution in [3.63, 3.8) is 0 Å². The molecule has 2 aromatic carbocycles. The molecule has 0 aliphatic carbocycles. The van der Waals surface area contributed by atoms with E-state index in [0.29, 0.717) is 18.0 Å². The molecule has 0 heterocycles. The van der Waals surface area contributed by atoms with Crippen LogP contribution < -0.4 is 14.4 Å². The number of rotatable bonds is 12. The number of carbonyl (C=O) groups excluding carboxylic acids is 2. The summed E-state index contributed by atoms with van der Waals surface area (Å²) in [6, 6.07) is 11.8. The van der Waals surface area contributed by atoms with Crippen molar-refractivity contribution in [3.8, 4) is 5.75 Å². The number of ether oxygens (including phenoxy) is 1. The maximum absolute atomic E-state index is 13.6. The summed E-state index contributed by atoms with van der Waals surface area (Å²) in [4.78, 5) is 27.9. The van der Waals surface area contributed by atoms with Gasteiger partial charge >= 0.3 is 0 Å². The van der Waals surface area contributed by atoms with Gasteiger partial charge in [0.05, 0.1) is 19.1 Å². The quantitative estimate of drug-likeness (QED) is 0.448. The van der Waals surface area contributed by atoms with Gasteiger partial charge in [-0.15, -0.1) is 0 Å². The van der Waals surface area contributed by atoms with Crippen molar-refractivity contribution in [2.24, 2.45) is 0 Å². The molecule has 2 aromatic rings. The van der Waals surface area contributed by atoms with Crippen LogP contribution in [0.25, 0.3) is 0 Å². The maximum atomic E-state index is 13.6. The first-order valence-electron chi connectivity index (χ1n) is 11.7. The molecule has 9 heteroatoms. The van der Waals surface area contributed by atoms with E-state index in [9.17, 15) is 18.0 Å². The Labute approximate surface area is 209 Å². The number of carbonyl (C=O) groups is 2. The third-order valence-corrected chi connectivity index (χ3v) is 6.91. The monoisotopic (exact) mass is 503 g/mol. The Kier molecular flexibility index (Phi) is 10.1. The van der Waals surface area contributed by atoms with Gasteiger partial charge in [-0.25, -0.2) is 8.42 Å². The molecule has 1 atom stereocenters. The summed E-state index contributed by atoms with van der Waals surface area (Å²) in [5.74, 6) is -0.133. The molecular formula is C26H37N3O5S. The van der Waals surface area contributed by atoms with Crippen LogP contribution in [0.15, 0.2) is 42.5 Å². The number of nitrogens with one attached hydrogen (secondary N) is 1. The highest BCUT2D eigenvalue weighted by Gasteiger charge is 2.30. The van der Waals surface area contributed by atoms with Gasteiger partial charge in [0.25, 0.3) is 0 Å². The van der Waals surface area contributed by atoms with Crippen molar-refractivity contribution in [1.29, 1.82) is 0 Å². The highest BCUT2D eigenvalue weighted by Crippen LogP contribution is 2.24. The Morgan fingerprint density at radius 3 is 2.43 bits per heavy atom. The van der Waals surface area contributed by atoms with Gasteiger partial charge in [-0.05, 0) is 56.5 Å². The zero-order chi connectivity index (χ0) is 26.2. The predicted octanol–water partition coefficient (Wildman–Crippen LogP) is 3.41. The molecule has 0 radical (unpaired) electrons. The van der Waals surface area contributed by atoms with Crippen LogP contribution in [-0.4, -0.2) is 57.6 Å². The summed E-state index contributed by atoms with van der Waals surface area (Å²) in [7, 11) is -2.21. The molecule has 8 nitrogen and oxygen atoms in total. The summed E-state index contributed by atoms with van der Waals surface area (Å²) in [5, 5.41) is 2.87. The zero-order valence-electron chi connectivity index (χ0n) is 21.5. The minimum absolute atomic E-state index is 0.128. The van der Waals surface area contributed by atoms with Gasteiger partial charge in [-0.2, -0.15) is 0 Å². The van der Waals surface area contributed by atoms with Crippen molar-refractivity contribution in [3.05, 3.63) is 59.2 Å². The summed E-state index contributed by atoms with van der Waals surface area (Å²) < 4.78 is 31.8. The van der Waals surface area contributed by atoms with E-state index in [1.165, 1.54) is 4.90 Å². The van der Waals surface area contributed by atoms with Crippen molar-refractivity contribution in [1.82, 2.24) is 10.2 Å². The maximum Gasteiger partial charge on any atom is 0.244 e. The lowest BCUT2D eigenvalue weighted by Gasteiger charge is -2.32. The second-order valence-corrected chi connectivity index (χ2v) is 10.7. The number of hydrogen-bond acceptors (Lipinski definition) is 5. The summed E-state index contributed by atoms with van der Waals surface area (Å²) >= 11 is 0. The Morgan fingerprint density at radius 2 is 1.83 bits per heavy atom. The molecule has 0 aromatic heterocycles. The van der Waals surface area contributed by atoms with Gasteiger partial charge in [0, 0.05) is 13.1 Å². The van der Waals surface area contributed by atoms with Gasteiger partial charge in [0.1, 0.15) is 18.3 Å². The molecule has 0 aliphatic heterocycles. The first kappa shape index (κ1) is 28.2. The largest absolute Gasteiger partial charge is 0.497 e. The molecule has 0 spiro atoms. The van der Waals surface area contributed by atoms with Crippen LogP contribution in [0, 0.1) is 13.8 Å². The lowest BCUT2D eigenvalue weighted by molar-refractivity contribution is -0.139. The van der Waals surface area contributed by atoms with Crippen LogP contribution in [0.1, 0.15) is 43.4 Å². The Hall–Kier alpha value is -3.07. The number of methoxy groups -OCH3 is 1. The van der Waals surface area contributed by atoms with Crippen LogP contribution in [0.3, 0.4) is 0 Å². The van der Waals surface area contributed by atoms with E-state index in [-0.39, 0.29) is 12.5 Å². The first-order valence-corrected chi connectivity index (χ1v) is 13.6. The fourth-order valence-corrected chi connectivity index (χ4v) is 4.67. The Bertz CT molecular complexity index is 1130. The fraction of sp³-hybridized carbons (Fsp3) is 0.462. The molecule has 35 heavy (non-hydrogen) atoms. The summed E-state index contributed by atoms with van der Waals surface area (Å²) in [5.41, 5.74) is 2.94. The number of nitrogens with zero attached hydrogens (tertiary/aromatic N) is 2. The predicted molar refractivity (Wildman–Crippen MR) is 139 cm³/mol. The zero-order valence-corrected chi connectivity index (χ0v) is 22.3. The smallest absolute Gasteiger partial charge is 0.244 e. The Morgan fingerprint density at radius 1 is 1.11 bits per heavy atom. The molecule has 0 saturated heterocycles. The van der Waals surface area contributed by atoms with Gasteiger partial charge in [0.15, 0.2) is 0 Å². The highest BCUT2D eigenvalue weighted by atomic mass is 32.2. The van der Waals surface area contributed by atoms with Gasteiger partial charge < -0.3 is 15.0 Å². The van der Waals surface area contributed by atoms with E-state index in [2.05, 4.69) is 5.32 Å². The van der Waals surface area contributed by atoms with E-state index >= 15 is 0 Å². The minimum Gasteiger partial charge on any atom is -0.497 e. The number of sulfonamides is 1. The second-order valence-electron chi connectivity index (χ2n) is 8.75. The standard InChI is InChI=1S/C26H37N3O5S/c1-7-8-14-27-26(31)21(4)28(17-22-10-9-11-23(16-22)34-5)25(30)18-29(35(6,32)33)24-13-12-19(2)15-20(24)3/h9-13,15-16,21H,7-8,14,17-18H2,1-6H3,(H,27,31)/t21-/m0/s1. The van der Waals surface area contributed by atoms with Gasteiger partial charge in [0.2, 0.25) is 21.8 Å². The molecule has 2 rings (SSSR count). The van der Waals surface area contributed by atoms with Crippen molar-refractivity contribution >= 4 is 27.5 Å². The highest BCUT2D eigenvalue weighted by molar-refractivity contribution is 7.92. The number of aryl methyl sites for hydroxylation is 2. The normalized spacial score (nSPS) is 12.1. The van der Waals surface area contributed by atoms with Crippen LogP contribution in [0.2, 0.25) is 0 Å². The number of anilines is 1. The molecule has 0 fully saturated rings. The lowest BCUT2D eigenvalue weighted by atomic mass is 10.1. The molecule has 192 valence electrons. The average molecular weight is 504 g/mol. The molecule has 0 aliphatic rings. The second kappa shape index (κ2) is 12.6. The van der Waals surface area contributed by atoms with Crippen LogP contribution in [-0.2, 0) is 26.2 Å². The van der Waals surface area contributed by atoms with E-state index in [0.717, 1.165) is 40.1 Å². The van der Waals surface area contributed by atoms with Crippen molar-refractivity contribution in [2.45, 2.75) is 53.1 Å². The van der Waals surface area contributed by atoms with Crippen LogP contribution >= 0.6 is 0 Å². The van der Waals surface area contributed by atoms with E-state index in [4.69, 9.17) is 4.74 Å². The molecule has 0 saturated carbocycles. The number of benzene rings is 2. The number of hydrogen-bond donors (Lipinski definition) is 1. The van der Waals surface area contributed by atoms with Crippen LogP contribution in [0.5, 0.6) is 5.75 Å². The van der Waals surface area contributed by atoms with Crippen molar-refractivity contribution < 1.29 is 22.7 Å². The number of amides is 2. The molecule has 1 N–H and O–H groups in total. The van der Waals surface area contributed by atoms with Crippen LogP contribution in [0.4, 0.5) is 5.69 Å². The average Bonchev–Trinajstić information content (AvgIpc) is 2.80. The topological polar surface area (TPSA) is 96.0 Å². The van der Waals surface area contributed by atoms with E-state index in [1.54, 1.807) is 38.3 Å². The fourth-order valence-electron chi connectivity index (χ4n) is 3.77. The number of unbranched alkanes of at least 4 members (excludes halogenated alkanes) is 1. The summed E-state index contributed by atoms with van der Waals surface area (Å²) in [6.07, 6.45) is 2.84. The van der Waals surface area contributed by atoms with Gasteiger partial charge in [-0.3, -0.25) is 13.9 Å². The first-order chi connectivity index (χ1) is 16.5. The molecule has 2 amide bonds. The minimum atomic E-state index is -3.76. The lowest BCUT2D eigenvalue weighted by Crippen LogP contribution is -2.51. The Balaban J connectivity index is 2.40.